The average Bonchev–Trinajstić information content (AvgIpc) is 3.25. The van der Waals surface area contributed by atoms with E-state index in [1.165, 1.54) is 18.2 Å². The number of halogens is 1. The van der Waals surface area contributed by atoms with Gasteiger partial charge in [-0.05, 0) is 117 Å². The van der Waals surface area contributed by atoms with E-state index in [9.17, 15) is 18.6 Å². The van der Waals surface area contributed by atoms with Gasteiger partial charge >= 0.3 is 5.97 Å². The van der Waals surface area contributed by atoms with Gasteiger partial charge in [0.05, 0.1) is 41.1 Å². The second kappa shape index (κ2) is 15.1. The van der Waals surface area contributed by atoms with Crippen molar-refractivity contribution < 1.29 is 32.8 Å². The number of hydrogen-bond acceptors (Lipinski definition) is 8. The Labute approximate surface area is 313 Å². The lowest BCUT2D eigenvalue weighted by Crippen LogP contribution is -2.55. The predicted octanol–water partition coefficient (Wildman–Crippen LogP) is 5.64. The van der Waals surface area contributed by atoms with Crippen LogP contribution in [0.25, 0.3) is 0 Å². The van der Waals surface area contributed by atoms with Crippen molar-refractivity contribution in [2.75, 3.05) is 38.8 Å². The summed E-state index contributed by atoms with van der Waals surface area (Å²) in [5.74, 6) is 3.38. The highest BCUT2D eigenvalue weighted by molar-refractivity contribution is 7.99. The van der Waals surface area contributed by atoms with Crippen molar-refractivity contribution in [2.45, 2.75) is 88.0 Å². The number of hydrogen-bond donors (Lipinski definition) is 2. The third-order valence-corrected chi connectivity index (χ3v) is 14.6. The molecular weight excluding hydrogens is 702 g/mol. The number of aryl methyl sites for hydroxylation is 1. The van der Waals surface area contributed by atoms with E-state index < -0.39 is 38.5 Å². The Morgan fingerprint density at radius 3 is 2.69 bits per heavy atom. The number of nitrogens with zero attached hydrogens (tertiary/aromatic N) is 1. The minimum absolute atomic E-state index is 0.0104. The van der Waals surface area contributed by atoms with Crippen LogP contribution in [0.4, 0.5) is 5.69 Å². The number of rotatable bonds is 5. The Kier molecular flexibility index (Phi) is 11.1. The van der Waals surface area contributed by atoms with E-state index in [0.29, 0.717) is 42.5 Å². The number of ether oxygens (including phenoxy) is 3. The van der Waals surface area contributed by atoms with Crippen molar-refractivity contribution in [3.8, 4) is 5.75 Å². The van der Waals surface area contributed by atoms with E-state index in [1.807, 2.05) is 44.2 Å². The topological polar surface area (TPSA) is 123 Å². The highest BCUT2D eigenvalue weighted by Crippen LogP contribution is 2.50. The molecule has 1 fully saturated rings. The van der Waals surface area contributed by atoms with Crippen LogP contribution in [0.3, 0.4) is 0 Å². The number of methoxy groups -OCH3 is 2. The van der Waals surface area contributed by atoms with Crippen LogP contribution in [0.2, 0.25) is 5.02 Å². The highest BCUT2D eigenvalue weighted by atomic mass is 35.5. The number of carbonyl (C=O) groups is 3. The van der Waals surface area contributed by atoms with Crippen molar-refractivity contribution in [1.82, 2.24) is 10.0 Å². The number of fused-ring (bicyclic) bond motifs is 4. The first-order valence-electron chi connectivity index (χ1n) is 18.3. The molecule has 2 aliphatic heterocycles. The molecule has 282 valence electrons. The molecule has 2 amide bonds. The number of carbonyl (C=O) groups excluding carboxylic acids is 3. The Bertz CT molecular complexity index is 1850. The normalized spacial score (nSPS) is 32.8. The maximum atomic E-state index is 14.0. The molecule has 2 heterocycles. The summed E-state index contributed by atoms with van der Waals surface area (Å²) in [6, 6.07) is 10.8. The molecule has 10 nitrogen and oxygen atoms in total. The van der Waals surface area contributed by atoms with Gasteiger partial charge in [-0.2, -0.15) is 0 Å². The predicted molar refractivity (Wildman–Crippen MR) is 206 cm³/mol. The van der Waals surface area contributed by atoms with Crippen LogP contribution >= 0.6 is 11.6 Å². The fourth-order valence-corrected chi connectivity index (χ4v) is 10.4. The van der Waals surface area contributed by atoms with Crippen molar-refractivity contribution >= 4 is 50.7 Å². The lowest BCUT2D eigenvalue weighted by atomic mass is 9.62. The van der Waals surface area contributed by atoms with E-state index >= 15 is 0 Å². The summed E-state index contributed by atoms with van der Waals surface area (Å²) in [6.07, 6.45) is 9.16. The zero-order chi connectivity index (χ0) is 37.4. The number of allylic oxidation sites excluding steroid dienone is 1. The largest absolute Gasteiger partial charge is 0.490 e. The number of esters is 1. The average molecular weight is 754 g/mol. The van der Waals surface area contributed by atoms with Crippen LogP contribution in [0, 0.1) is 17.8 Å². The number of benzene rings is 2. The van der Waals surface area contributed by atoms with Gasteiger partial charge in [0.25, 0.3) is 5.91 Å². The standard InChI is InChI=1S/C40H52ClN3O7S/c1-25-9-7-18-40(50-5,21-36(45)42-26(2)38(47)49-4)33-14-11-30(33)22-44-23-39(17-8-10-28-19-31(41)13-15-32(28)39)24-51-35-16-12-29(20-34(35)44)37(46)43-52(6,48)27(25)3/h7,12-13,15-16,18-20,25-27,30,33H,6,8-11,14,17,21-24H2,1-5H3,(H,42,45)(H,43,46,48)/b18-7+/t25-,26+,27+,30-,33+,39-,40+,52?/m0/s1. The minimum atomic E-state index is -3.05. The SMILES string of the molecule is C=S1(=O)NC(=O)c2ccc3c(c2)N(C[C@@H]2CC[C@H]2[C@@](CC(=O)N[C@H](C)C(=O)OC)(OC)/C=C/C[C@H](C)[C@H]1C)C[C@@]1(CCCc2cc(Cl)ccc21)CO3. The van der Waals surface area contributed by atoms with Crippen molar-refractivity contribution in [2.24, 2.45) is 17.8 Å². The summed E-state index contributed by atoms with van der Waals surface area (Å²) >= 11 is 6.47. The lowest BCUT2D eigenvalue weighted by Gasteiger charge is -2.50. The summed E-state index contributed by atoms with van der Waals surface area (Å²) in [4.78, 5) is 41.9. The molecule has 12 heteroatoms. The van der Waals surface area contributed by atoms with Gasteiger partial charge in [-0.25, -0.2) is 9.00 Å². The van der Waals surface area contributed by atoms with E-state index in [2.05, 4.69) is 32.9 Å². The zero-order valence-electron chi connectivity index (χ0n) is 30.9. The van der Waals surface area contributed by atoms with Crippen molar-refractivity contribution in [1.29, 1.82) is 0 Å². The third kappa shape index (κ3) is 7.46. The molecule has 2 aliphatic carbocycles. The molecule has 4 aliphatic rings. The van der Waals surface area contributed by atoms with Crippen LogP contribution in [0.1, 0.15) is 80.8 Å². The number of amides is 2. The van der Waals surface area contributed by atoms with E-state index in [-0.39, 0.29) is 35.5 Å². The second-order valence-corrected chi connectivity index (χ2v) is 18.2. The van der Waals surface area contributed by atoms with Gasteiger partial charge in [-0.15, -0.1) is 0 Å². The van der Waals surface area contributed by atoms with Crippen LogP contribution in [0.5, 0.6) is 5.75 Å². The second-order valence-electron chi connectivity index (χ2n) is 15.4. The van der Waals surface area contributed by atoms with Crippen LogP contribution in [-0.2, 0) is 40.6 Å². The van der Waals surface area contributed by atoms with Crippen molar-refractivity contribution in [3.05, 3.63) is 70.3 Å². The Hall–Kier alpha value is -3.54. The number of nitrogens with one attached hydrogen (secondary N) is 2. The summed E-state index contributed by atoms with van der Waals surface area (Å²) < 4.78 is 34.6. The molecule has 8 atom stereocenters. The third-order valence-electron chi connectivity index (χ3n) is 12.1. The first-order chi connectivity index (χ1) is 24.7. The molecule has 1 saturated carbocycles. The lowest BCUT2D eigenvalue weighted by molar-refractivity contribution is -0.146. The van der Waals surface area contributed by atoms with Gasteiger partial charge in [0.2, 0.25) is 5.91 Å². The number of anilines is 1. The van der Waals surface area contributed by atoms with Gasteiger partial charge in [0.15, 0.2) is 0 Å². The molecule has 2 bridgehead atoms. The smallest absolute Gasteiger partial charge is 0.328 e. The molecule has 2 N–H and O–H groups in total. The minimum Gasteiger partial charge on any atom is -0.490 e. The zero-order valence-corrected chi connectivity index (χ0v) is 32.4. The van der Waals surface area contributed by atoms with Crippen LogP contribution < -0.4 is 19.7 Å². The highest BCUT2D eigenvalue weighted by Gasteiger charge is 2.50. The van der Waals surface area contributed by atoms with Gasteiger partial charge in [0, 0.05) is 41.5 Å². The van der Waals surface area contributed by atoms with Gasteiger partial charge < -0.3 is 24.4 Å². The van der Waals surface area contributed by atoms with Crippen molar-refractivity contribution in [3.63, 3.8) is 0 Å². The fourth-order valence-electron chi connectivity index (χ4n) is 8.71. The first-order valence-corrected chi connectivity index (χ1v) is 20.5. The van der Waals surface area contributed by atoms with E-state index in [0.717, 1.165) is 37.8 Å². The van der Waals surface area contributed by atoms with Crippen LogP contribution in [-0.4, -0.2) is 78.7 Å². The summed E-state index contributed by atoms with van der Waals surface area (Å²) in [5.41, 5.74) is 2.35. The first kappa shape index (κ1) is 38.2. The molecular formula is C40H52ClN3O7S. The fraction of sp³-hybridized carbons (Fsp3) is 0.550. The molecule has 2 aromatic rings. The molecule has 2 aromatic carbocycles. The molecule has 1 spiro atoms. The van der Waals surface area contributed by atoms with Crippen LogP contribution in [0.15, 0.2) is 48.6 Å². The van der Waals surface area contributed by atoms with Gasteiger partial charge in [0.1, 0.15) is 11.8 Å². The summed E-state index contributed by atoms with van der Waals surface area (Å²) in [5, 5.41) is 3.06. The summed E-state index contributed by atoms with van der Waals surface area (Å²) in [7, 11) is -0.118. The quantitative estimate of drug-likeness (QED) is 0.229. The molecule has 0 aromatic heterocycles. The molecule has 52 heavy (non-hydrogen) atoms. The van der Waals surface area contributed by atoms with Gasteiger partial charge in [-0.3, -0.25) is 14.3 Å². The molecule has 0 saturated heterocycles. The molecule has 1 unspecified atom stereocenters. The van der Waals surface area contributed by atoms with Gasteiger partial charge in [-0.1, -0.05) is 36.7 Å². The molecule has 6 rings (SSSR count). The monoisotopic (exact) mass is 753 g/mol. The maximum absolute atomic E-state index is 14.0. The Balaban J connectivity index is 1.43. The van der Waals surface area contributed by atoms with E-state index in [4.69, 9.17) is 25.8 Å². The van der Waals surface area contributed by atoms with E-state index in [1.54, 1.807) is 20.1 Å². The molecule has 0 radical (unpaired) electrons. The Morgan fingerprint density at radius 2 is 1.98 bits per heavy atom. The maximum Gasteiger partial charge on any atom is 0.328 e. The Morgan fingerprint density at radius 1 is 1.19 bits per heavy atom. The summed E-state index contributed by atoms with van der Waals surface area (Å²) in [6.45, 7) is 7.17.